The number of benzene rings is 1. The molecular formula is C17H20FNO2. The number of amides is 1. The van der Waals surface area contributed by atoms with Gasteiger partial charge in [-0.15, -0.1) is 0 Å². The Bertz CT molecular complexity index is 574. The summed E-state index contributed by atoms with van der Waals surface area (Å²) in [5.41, 5.74) is 0.560. The first kappa shape index (κ1) is 15.5. The van der Waals surface area contributed by atoms with E-state index in [0.29, 0.717) is 18.0 Å². The van der Waals surface area contributed by atoms with Gasteiger partial charge < -0.3 is 10.0 Å². The topological polar surface area (TPSA) is 40.5 Å². The van der Waals surface area contributed by atoms with Crippen LogP contribution in [0.5, 0.6) is 0 Å². The highest BCUT2D eigenvalue weighted by molar-refractivity contribution is 5.94. The molecule has 0 radical (unpaired) electrons. The van der Waals surface area contributed by atoms with E-state index in [-0.39, 0.29) is 18.1 Å². The fourth-order valence-electron chi connectivity index (χ4n) is 2.74. The van der Waals surface area contributed by atoms with Gasteiger partial charge in [-0.05, 0) is 37.0 Å². The van der Waals surface area contributed by atoms with Crippen LogP contribution in [0.4, 0.5) is 4.39 Å². The van der Waals surface area contributed by atoms with E-state index in [4.69, 9.17) is 5.11 Å². The van der Waals surface area contributed by atoms with Crippen molar-refractivity contribution >= 4 is 5.91 Å². The summed E-state index contributed by atoms with van der Waals surface area (Å²) in [7, 11) is 0. The van der Waals surface area contributed by atoms with E-state index in [0.717, 1.165) is 25.8 Å². The minimum Gasteiger partial charge on any atom is -0.384 e. The lowest BCUT2D eigenvalue weighted by Gasteiger charge is -2.17. The van der Waals surface area contributed by atoms with Crippen LogP contribution in [-0.2, 0) is 0 Å². The van der Waals surface area contributed by atoms with E-state index >= 15 is 0 Å². The fraction of sp³-hybridized carbons (Fsp3) is 0.471. The second-order valence-electron chi connectivity index (χ2n) is 5.35. The first-order valence-electron chi connectivity index (χ1n) is 7.34. The summed E-state index contributed by atoms with van der Waals surface area (Å²) in [4.78, 5) is 14.1. The van der Waals surface area contributed by atoms with Gasteiger partial charge in [0.05, 0.1) is 5.56 Å². The summed E-state index contributed by atoms with van der Waals surface area (Å²) >= 11 is 0. The molecule has 1 fully saturated rings. The zero-order chi connectivity index (χ0) is 15.2. The second-order valence-corrected chi connectivity index (χ2v) is 5.35. The molecule has 0 bridgehead atoms. The summed E-state index contributed by atoms with van der Waals surface area (Å²) in [6.45, 7) is 3.29. The van der Waals surface area contributed by atoms with Crippen LogP contribution in [0.25, 0.3) is 0 Å². The zero-order valence-electron chi connectivity index (χ0n) is 12.2. The maximum absolute atomic E-state index is 14.0. The second kappa shape index (κ2) is 7.24. The van der Waals surface area contributed by atoms with Crippen molar-refractivity contribution < 1.29 is 14.3 Å². The molecule has 1 heterocycles. The number of hydrogen-bond donors (Lipinski definition) is 1. The van der Waals surface area contributed by atoms with Crippen LogP contribution in [0.15, 0.2) is 18.2 Å². The highest BCUT2D eigenvalue weighted by Gasteiger charge is 2.27. The van der Waals surface area contributed by atoms with Crippen molar-refractivity contribution in [2.45, 2.75) is 26.2 Å². The summed E-state index contributed by atoms with van der Waals surface area (Å²) in [6.07, 6.45) is 3.22. The lowest BCUT2D eigenvalue weighted by molar-refractivity contribution is 0.0782. The van der Waals surface area contributed by atoms with Gasteiger partial charge in [0.1, 0.15) is 12.4 Å². The van der Waals surface area contributed by atoms with Gasteiger partial charge >= 0.3 is 0 Å². The minimum atomic E-state index is -0.552. The number of rotatable bonds is 3. The molecule has 2 rings (SSSR count). The van der Waals surface area contributed by atoms with Crippen LogP contribution in [-0.4, -0.2) is 35.6 Å². The number of likely N-dealkylation sites (tertiary alicyclic amines) is 1. The van der Waals surface area contributed by atoms with Gasteiger partial charge in [-0.3, -0.25) is 4.79 Å². The summed E-state index contributed by atoms with van der Waals surface area (Å²) in [5.74, 6) is 4.83. The number of aliphatic hydroxyl groups is 1. The summed E-state index contributed by atoms with van der Waals surface area (Å²) < 4.78 is 14.0. The molecule has 0 aromatic heterocycles. The number of nitrogens with zero attached hydrogens (tertiary/aromatic N) is 1. The van der Waals surface area contributed by atoms with Crippen LogP contribution in [0.3, 0.4) is 0 Å². The first-order chi connectivity index (χ1) is 10.2. The molecule has 1 saturated heterocycles. The van der Waals surface area contributed by atoms with Gasteiger partial charge in [0.25, 0.3) is 5.91 Å². The molecule has 1 unspecified atom stereocenters. The minimum absolute atomic E-state index is 0.0988. The van der Waals surface area contributed by atoms with Crippen molar-refractivity contribution in [2.75, 3.05) is 19.7 Å². The molecule has 112 valence electrons. The monoisotopic (exact) mass is 289 g/mol. The average molecular weight is 289 g/mol. The quantitative estimate of drug-likeness (QED) is 0.868. The molecule has 1 aliphatic rings. The number of hydrogen-bond acceptors (Lipinski definition) is 2. The molecule has 1 N–H and O–H groups in total. The molecule has 1 aromatic rings. The van der Waals surface area contributed by atoms with Crippen molar-refractivity contribution in [2.24, 2.45) is 5.92 Å². The third-order valence-electron chi connectivity index (χ3n) is 3.78. The van der Waals surface area contributed by atoms with Gasteiger partial charge in [0.15, 0.2) is 0 Å². The van der Waals surface area contributed by atoms with Crippen LogP contribution in [0, 0.1) is 23.6 Å². The summed E-state index contributed by atoms with van der Waals surface area (Å²) in [5, 5.41) is 8.62. The van der Waals surface area contributed by atoms with Gasteiger partial charge in [0.2, 0.25) is 0 Å². The van der Waals surface area contributed by atoms with E-state index in [9.17, 15) is 9.18 Å². The average Bonchev–Trinajstić information content (AvgIpc) is 2.93. The molecule has 1 aliphatic heterocycles. The molecule has 1 atom stereocenters. The number of carbonyl (C=O) groups excluding carboxylic acids is 1. The Hall–Kier alpha value is -1.86. The molecule has 4 heteroatoms. The predicted octanol–water partition coefficient (Wildman–Crippen LogP) is 2.43. The van der Waals surface area contributed by atoms with E-state index < -0.39 is 5.82 Å². The smallest absolute Gasteiger partial charge is 0.256 e. The Morgan fingerprint density at radius 1 is 1.52 bits per heavy atom. The Balaban J connectivity index is 2.09. The van der Waals surface area contributed by atoms with Gasteiger partial charge in [0, 0.05) is 18.7 Å². The van der Waals surface area contributed by atoms with Crippen LogP contribution < -0.4 is 0 Å². The van der Waals surface area contributed by atoms with E-state index in [1.54, 1.807) is 11.0 Å². The molecule has 3 nitrogen and oxygen atoms in total. The molecule has 1 amide bonds. The Labute approximate surface area is 124 Å². The first-order valence-corrected chi connectivity index (χ1v) is 7.34. The number of aliphatic hydroxyl groups excluding tert-OH is 1. The van der Waals surface area contributed by atoms with Crippen LogP contribution >= 0.6 is 0 Å². The highest BCUT2D eigenvalue weighted by atomic mass is 19.1. The number of carbonyl (C=O) groups is 1. The van der Waals surface area contributed by atoms with Gasteiger partial charge in [-0.25, -0.2) is 4.39 Å². The van der Waals surface area contributed by atoms with Crippen molar-refractivity contribution in [3.63, 3.8) is 0 Å². The largest absolute Gasteiger partial charge is 0.384 e. The Kier molecular flexibility index (Phi) is 5.35. The third kappa shape index (κ3) is 3.83. The van der Waals surface area contributed by atoms with E-state index in [1.165, 1.54) is 12.1 Å². The van der Waals surface area contributed by atoms with Crippen LogP contribution in [0.2, 0.25) is 0 Å². The molecule has 21 heavy (non-hydrogen) atoms. The molecule has 1 aromatic carbocycles. The van der Waals surface area contributed by atoms with E-state index in [2.05, 4.69) is 18.8 Å². The lowest BCUT2D eigenvalue weighted by Crippen LogP contribution is -2.29. The molecule has 0 aliphatic carbocycles. The van der Waals surface area contributed by atoms with Gasteiger partial charge in [-0.1, -0.05) is 25.2 Å². The van der Waals surface area contributed by atoms with Crippen molar-refractivity contribution in [1.29, 1.82) is 0 Å². The van der Waals surface area contributed by atoms with Crippen molar-refractivity contribution in [3.05, 3.63) is 35.1 Å². The zero-order valence-corrected chi connectivity index (χ0v) is 12.2. The summed E-state index contributed by atoms with van der Waals surface area (Å²) in [6, 6.07) is 4.33. The number of halogens is 1. The SMILES string of the molecule is CCCC1CCN(C(=O)c2ccc(C#CCO)cc2F)C1. The maximum atomic E-state index is 14.0. The Morgan fingerprint density at radius 2 is 2.33 bits per heavy atom. The Morgan fingerprint density at radius 3 is 3.00 bits per heavy atom. The van der Waals surface area contributed by atoms with Crippen LogP contribution in [0.1, 0.15) is 42.1 Å². The maximum Gasteiger partial charge on any atom is 0.256 e. The molecular weight excluding hydrogens is 269 g/mol. The van der Waals surface area contributed by atoms with Gasteiger partial charge in [-0.2, -0.15) is 0 Å². The molecule has 0 spiro atoms. The predicted molar refractivity (Wildman–Crippen MR) is 79.3 cm³/mol. The normalized spacial score (nSPS) is 17.5. The van der Waals surface area contributed by atoms with Crippen molar-refractivity contribution in [3.8, 4) is 11.8 Å². The standard InChI is InChI=1S/C17H20FNO2/c1-2-4-14-8-9-19(12-14)17(21)15-7-6-13(5-3-10-20)11-16(15)18/h6-7,11,14,20H,2,4,8-10,12H2,1H3. The fourth-order valence-corrected chi connectivity index (χ4v) is 2.74. The third-order valence-corrected chi connectivity index (χ3v) is 3.78. The highest BCUT2D eigenvalue weighted by Crippen LogP contribution is 2.23. The molecule has 0 saturated carbocycles. The van der Waals surface area contributed by atoms with Crippen molar-refractivity contribution in [1.82, 2.24) is 4.90 Å². The lowest BCUT2D eigenvalue weighted by atomic mass is 10.0. The van der Waals surface area contributed by atoms with E-state index in [1.807, 2.05) is 0 Å².